The van der Waals surface area contributed by atoms with Crippen LogP contribution >= 0.6 is 0 Å². The fourth-order valence-corrected chi connectivity index (χ4v) is 0.560. The molecule has 1 N–H and O–H groups in total. The van der Waals surface area contributed by atoms with Crippen molar-refractivity contribution in [3.63, 3.8) is 0 Å². The van der Waals surface area contributed by atoms with Gasteiger partial charge in [0.15, 0.2) is 0 Å². The van der Waals surface area contributed by atoms with Crippen LogP contribution in [-0.4, -0.2) is 18.2 Å². The zero-order valence-electron chi connectivity index (χ0n) is 7.76. The standard InChI is InChI=1S/C9H15NO2/c1-5-8(12)10-7(2)9(3,4)6-11/h5-7H,1H2,2-4H3,(H,10,12). The minimum atomic E-state index is -0.529. The van der Waals surface area contributed by atoms with E-state index in [9.17, 15) is 9.59 Å². The van der Waals surface area contributed by atoms with Crippen LogP contribution in [0.1, 0.15) is 20.8 Å². The lowest BCUT2D eigenvalue weighted by molar-refractivity contribution is -0.120. The van der Waals surface area contributed by atoms with Crippen molar-refractivity contribution in [2.45, 2.75) is 26.8 Å². The van der Waals surface area contributed by atoms with Crippen LogP contribution in [-0.2, 0) is 9.59 Å². The van der Waals surface area contributed by atoms with Crippen LogP contribution in [0.2, 0.25) is 0 Å². The summed E-state index contributed by atoms with van der Waals surface area (Å²) in [6.07, 6.45) is 2.03. The number of nitrogens with one attached hydrogen (secondary N) is 1. The van der Waals surface area contributed by atoms with Crippen molar-refractivity contribution < 1.29 is 9.59 Å². The minimum Gasteiger partial charge on any atom is -0.349 e. The van der Waals surface area contributed by atoms with Crippen molar-refractivity contribution in [2.75, 3.05) is 0 Å². The maximum Gasteiger partial charge on any atom is 0.243 e. The van der Waals surface area contributed by atoms with Gasteiger partial charge in [0.2, 0.25) is 5.91 Å². The lowest BCUT2D eigenvalue weighted by Crippen LogP contribution is -2.43. The third-order valence-corrected chi connectivity index (χ3v) is 1.96. The Labute approximate surface area is 72.8 Å². The molecule has 0 aromatic heterocycles. The molecule has 0 aliphatic heterocycles. The van der Waals surface area contributed by atoms with E-state index >= 15 is 0 Å². The highest BCUT2D eigenvalue weighted by atomic mass is 16.1. The fraction of sp³-hybridized carbons (Fsp3) is 0.556. The zero-order valence-corrected chi connectivity index (χ0v) is 7.76. The molecule has 3 heteroatoms. The van der Waals surface area contributed by atoms with Crippen molar-refractivity contribution in [1.82, 2.24) is 5.32 Å². The molecule has 0 fully saturated rings. The van der Waals surface area contributed by atoms with E-state index in [4.69, 9.17) is 0 Å². The van der Waals surface area contributed by atoms with E-state index in [0.717, 1.165) is 6.29 Å². The number of hydrogen-bond donors (Lipinski definition) is 1. The highest BCUT2D eigenvalue weighted by Crippen LogP contribution is 2.16. The van der Waals surface area contributed by atoms with Gasteiger partial charge in [-0.2, -0.15) is 0 Å². The third kappa shape index (κ3) is 2.86. The lowest BCUT2D eigenvalue weighted by Gasteiger charge is -2.25. The van der Waals surface area contributed by atoms with E-state index < -0.39 is 5.41 Å². The molecule has 0 heterocycles. The number of carbonyl (C=O) groups excluding carboxylic acids is 2. The Morgan fingerprint density at radius 2 is 2.08 bits per heavy atom. The first kappa shape index (κ1) is 10.9. The summed E-state index contributed by atoms with van der Waals surface area (Å²) in [7, 11) is 0. The van der Waals surface area contributed by atoms with E-state index in [2.05, 4.69) is 11.9 Å². The van der Waals surface area contributed by atoms with E-state index in [1.807, 2.05) is 0 Å². The summed E-state index contributed by atoms with van der Waals surface area (Å²) in [4.78, 5) is 21.4. The summed E-state index contributed by atoms with van der Waals surface area (Å²) in [6.45, 7) is 8.65. The maximum atomic E-state index is 10.8. The van der Waals surface area contributed by atoms with Gasteiger partial charge in [-0.1, -0.05) is 20.4 Å². The molecule has 68 valence electrons. The van der Waals surface area contributed by atoms with Gasteiger partial charge in [-0.25, -0.2) is 0 Å². The summed E-state index contributed by atoms with van der Waals surface area (Å²) in [5.41, 5.74) is -0.529. The zero-order chi connectivity index (χ0) is 9.78. The second-order valence-corrected chi connectivity index (χ2v) is 3.37. The first-order chi connectivity index (χ1) is 5.44. The van der Waals surface area contributed by atoms with Crippen LogP contribution in [0.25, 0.3) is 0 Å². The second kappa shape index (κ2) is 4.04. The van der Waals surface area contributed by atoms with Gasteiger partial charge in [0.1, 0.15) is 6.29 Å². The Bertz CT molecular complexity index is 197. The number of carbonyl (C=O) groups is 2. The Balaban J connectivity index is 4.20. The second-order valence-electron chi connectivity index (χ2n) is 3.37. The van der Waals surface area contributed by atoms with Crippen molar-refractivity contribution in [2.24, 2.45) is 5.41 Å². The molecule has 0 spiro atoms. The van der Waals surface area contributed by atoms with Gasteiger partial charge < -0.3 is 10.1 Å². The molecular weight excluding hydrogens is 154 g/mol. The molecule has 1 atom stereocenters. The number of hydrogen-bond acceptors (Lipinski definition) is 2. The number of amides is 1. The number of rotatable bonds is 4. The van der Waals surface area contributed by atoms with Gasteiger partial charge in [-0.3, -0.25) is 4.79 Å². The molecule has 0 aromatic carbocycles. The molecule has 0 saturated carbocycles. The van der Waals surface area contributed by atoms with Gasteiger partial charge in [-0.05, 0) is 13.0 Å². The molecule has 0 aliphatic rings. The van der Waals surface area contributed by atoms with E-state index in [1.165, 1.54) is 6.08 Å². The molecule has 1 unspecified atom stereocenters. The first-order valence-corrected chi connectivity index (χ1v) is 3.83. The molecule has 1 amide bonds. The summed E-state index contributed by atoms with van der Waals surface area (Å²) < 4.78 is 0. The number of aldehydes is 1. The Kier molecular flexibility index (Phi) is 3.67. The molecule has 0 bridgehead atoms. The summed E-state index contributed by atoms with van der Waals surface area (Å²) >= 11 is 0. The highest BCUT2D eigenvalue weighted by molar-refractivity contribution is 5.87. The predicted molar refractivity (Wildman–Crippen MR) is 47.6 cm³/mol. The van der Waals surface area contributed by atoms with Crippen LogP contribution in [0.15, 0.2) is 12.7 Å². The van der Waals surface area contributed by atoms with Gasteiger partial charge in [0.05, 0.1) is 0 Å². The van der Waals surface area contributed by atoms with Gasteiger partial charge in [-0.15, -0.1) is 0 Å². The molecular formula is C9H15NO2. The maximum absolute atomic E-state index is 10.8. The van der Waals surface area contributed by atoms with Crippen LogP contribution in [0, 0.1) is 5.41 Å². The summed E-state index contributed by atoms with van der Waals surface area (Å²) in [5, 5.41) is 2.63. The average Bonchev–Trinajstić information content (AvgIpc) is 2.04. The van der Waals surface area contributed by atoms with Gasteiger partial charge >= 0.3 is 0 Å². The molecule has 0 rings (SSSR count). The van der Waals surface area contributed by atoms with Crippen molar-refractivity contribution in [1.29, 1.82) is 0 Å². The molecule has 12 heavy (non-hydrogen) atoms. The molecule has 0 aliphatic carbocycles. The quantitative estimate of drug-likeness (QED) is 0.502. The van der Waals surface area contributed by atoms with Crippen LogP contribution < -0.4 is 5.32 Å². The average molecular weight is 169 g/mol. The normalized spacial score (nSPS) is 13.2. The van der Waals surface area contributed by atoms with Gasteiger partial charge in [0, 0.05) is 11.5 Å². The molecule has 0 aromatic rings. The Hall–Kier alpha value is -1.12. The first-order valence-electron chi connectivity index (χ1n) is 3.83. The molecule has 3 nitrogen and oxygen atoms in total. The molecule has 0 saturated heterocycles. The van der Waals surface area contributed by atoms with Crippen LogP contribution in [0.5, 0.6) is 0 Å². The van der Waals surface area contributed by atoms with Crippen molar-refractivity contribution in [3.05, 3.63) is 12.7 Å². The van der Waals surface area contributed by atoms with E-state index in [1.54, 1.807) is 20.8 Å². The monoisotopic (exact) mass is 169 g/mol. The lowest BCUT2D eigenvalue weighted by atomic mass is 9.87. The van der Waals surface area contributed by atoms with E-state index in [0.29, 0.717) is 0 Å². The summed E-state index contributed by atoms with van der Waals surface area (Å²) in [5.74, 6) is -0.252. The smallest absolute Gasteiger partial charge is 0.243 e. The Morgan fingerprint density at radius 1 is 1.58 bits per heavy atom. The Morgan fingerprint density at radius 3 is 2.42 bits per heavy atom. The predicted octanol–water partition coefficient (Wildman–Crippen LogP) is 0.902. The SMILES string of the molecule is C=CC(=O)NC(C)C(C)(C)C=O. The summed E-state index contributed by atoms with van der Waals surface area (Å²) in [6, 6.07) is -0.180. The van der Waals surface area contributed by atoms with Gasteiger partial charge in [0.25, 0.3) is 0 Å². The fourth-order valence-electron chi connectivity index (χ4n) is 0.560. The van der Waals surface area contributed by atoms with Crippen molar-refractivity contribution in [3.8, 4) is 0 Å². The minimum absolute atomic E-state index is 0.180. The van der Waals surface area contributed by atoms with Crippen LogP contribution in [0.3, 0.4) is 0 Å². The highest BCUT2D eigenvalue weighted by Gasteiger charge is 2.25. The topological polar surface area (TPSA) is 46.2 Å². The molecule has 0 radical (unpaired) electrons. The third-order valence-electron chi connectivity index (χ3n) is 1.96. The van der Waals surface area contributed by atoms with Crippen molar-refractivity contribution >= 4 is 12.2 Å². The largest absolute Gasteiger partial charge is 0.349 e. The van der Waals surface area contributed by atoms with Crippen LogP contribution in [0.4, 0.5) is 0 Å². The van der Waals surface area contributed by atoms with E-state index in [-0.39, 0.29) is 11.9 Å².